The van der Waals surface area contributed by atoms with Crippen LogP contribution in [0.1, 0.15) is 29.2 Å². The fraction of sp³-hybridized carbons (Fsp3) is 0.333. The van der Waals surface area contributed by atoms with E-state index < -0.39 is 12.1 Å². The van der Waals surface area contributed by atoms with Crippen LogP contribution >= 0.6 is 15.9 Å². The molecule has 0 fully saturated rings. The summed E-state index contributed by atoms with van der Waals surface area (Å²) in [5, 5.41) is 27.6. The Hall–Kier alpha value is -1.38. The Bertz CT molecular complexity index is 454. The molecular formula is C12H12BrNO3. The van der Waals surface area contributed by atoms with E-state index in [1.165, 1.54) is 0 Å². The number of rotatable bonds is 5. The highest BCUT2D eigenvalue weighted by Crippen LogP contribution is 2.26. The summed E-state index contributed by atoms with van der Waals surface area (Å²) in [4.78, 5) is 10.9. The quantitative estimate of drug-likeness (QED) is 0.816. The second-order valence-corrected chi connectivity index (χ2v) is 4.08. The third-order valence-corrected chi connectivity index (χ3v) is 3.05. The lowest BCUT2D eigenvalue weighted by Crippen LogP contribution is -2.15. The highest BCUT2D eigenvalue weighted by atomic mass is 79.9. The number of nitriles is 1. The molecule has 0 aliphatic rings. The first kappa shape index (κ1) is 13.7. The van der Waals surface area contributed by atoms with Crippen molar-refractivity contribution in [3.63, 3.8) is 0 Å². The summed E-state index contributed by atoms with van der Waals surface area (Å²) in [6.45, 7) is 0. The average molecular weight is 298 g/mol. The third kappa shape index (κ3) is 3.29. The molecule has 2 N–H and O–H groups in total. The number of alkyl halides is 1. The number of aliphatic carboxylic acids is 1. The summed E-state index contributed by atoms with van der Waals surface area (Å²) < 4.78 is 0. The molecule has 1 rings (SSSR count). The number of aliphatic hydroxyl groups is 1. The summed E-state index contributed by atoms with van der Waals surface area (Å²) in [6, 6.07) is 7.30. The molecule has 0 spiro atoms. The fourth-order valence-corrected chi connectivity index (χ4v) is 2.15. The second kappa shape index (κ2) is 6.38. The first-order valence-corrected chi connectivity index (χ1v) is 6.18. The molecule has 1 atom stereocenters. The minimum atomic E-state index is -1.54. The van der Waals surface area contributed by atoms with Crippen LogP contribution in [0.5, 0.6) is 0 Å². The number of hydrogen-bond donors (Lipinski definition) is 2. The lowest BCUT2D eigenvalue weighted by Gasteiger charge is -2.15. The second-order valence-electron chi connectivity index (χ2n) is 3.52. The van der Waals surface area contributed by atoms with Gasteiger partial charge in [0.1, 0.15) is 0 Å². The van der Waals surface area contributed by atoms with Crippen LogP contribution in [0.3, 0.4) is 0 Å². The van der Waals surface area contributed by atoms with Gasteiger partial charge in [-0.25, -0.2) is 4.79 Å². The van der Waals surface area contributed by atoms with Crippen LogP contribution in [-0.2, 0) is 16.5 Å². The molecule has 1 aromatic carbocycles. The van der Waals surface area contributed by atoms with Crippen molar-refractivity contribution in [2.75, 3.05) is 0 Å². The van der Waals surface area contributed by atoms with Crippen LogP contribution in [0.4, 0.5) is 0 Å². The van der Waals surface area contributed by atoms with Crippen molar-refractivity contribution < 1.29 is 15.0 Å². The Morgan fingerprint density at radius 2 is 2.12 bits per heavy atom. The van der Waals surface area contributed by atoms with Gasteiger partial charge >= 0.3 is 5.97 Å². The van der Waals surface area contributed by atoms with E-state index in [-0.39, 0.29) is 0 Å². The standard InChI is InChI=1S/C12H12BrNO3/c13-7-9-4-1-3-8(5-2-6-14)10(9)11(15)12(16)17/h1,3-4,11,15H,2,5,7H2,(H,16,17). The number of hydrogen-bond acceptors (Lipinski definition) is 3. The first-order valence-electron chi connectivity index (χ1n) is 5.06. The Kier molecular flexibility index (Phi) is 5.13. The minimum absolute atomic E-state index is 0.297. The summed E-state index contributed by atoms with van der Waals surface area (Å²) in [5.41, 5.74) is 1.83. The highest BCUT2D eigenvalue weighted by Gasteiger charge is 2.22. The van der Waals surface area contributed by atoms with Crippen molar-refractivity contribution >= 4 is 21.9 Å². The van der Waals surface area contributed by atoms with Crippen LogP contribution in [0.25, 0.3) is 0 Å². The molecule has 0 aromatic heterocycles. The van der Waals surface area contributed by atoms with Gasteiger partial charge in [-0.05, 0) is 23.1 Å². The number of halogens is 1. The number of aliphatic hydroxyl groups excluding tert-OH is 1. The zero-order chi connectivity index (χ0) is 12.8. The third-order valence-electron chi connectivity index (χ3n) is 2.44. The van der Waals surface area contributed by atoms with E-state index in [9.17, 15) is 9.90 Å². The SMILES string of the molecule is N#CCCc1cccc(CBr)c1C(O)C(=O)O. The average Bonchev–Trinajstić information content (AvgIpc) is 2.34. The van der Waals surface area contributed by atoms with Gasteiger partial charge in [0, 0.05) is 11.8 Å². The van der Waals surface area contributed by atoms with Crippen molar-refractivity contribution in [1.82, 2.24) is 0 Å². The number of aryl methyl sites for hydroxylation is 1. The van der Waals surface area contributed by atoms with Crippen molar-refractivity contribution in [2.45, 2.75) is 24.3 Å². The van der Waals surface area contributed by atoms with Gasteiger partial charge in [0.15, 0.2) is 6.10 Å². The summed E-state index contributed by atoms with van der Waals surface area (Å²) in [7, 11) is 0. The molecule has 0 bridgehead atoms. The van der Waals surface area contributed by atoms with Gasteiger partial charge in [0.05, 0.1) is 6.07 Å². The maximum atomic E-state index is 10.9. The van der Waals surface area contributed by atoms with Crippen LogP contribution < -0.4 is 0 Å². The number of benzene rings is 1. The van der Waals surface area contributed by atoms with Gasteiger partial charge in [-0.15, -0.1) is 0 Å². The lowest BCUT2D eigenvalue weighted by molar-refractivity contribution is -0.147. The lowest BCUT2D eigenvalue weighted by atomic mass is 9.94. The molecule has 0 amide bonds. The number of nitrogens with zero attached hydrogens (tertiary/aromatic N) is 1. The van der Waals surface area contributed by atoms with E-state index in [0.29, 0.717) is 29.3 Å². The maximum absolute atomic E-state index is 10.9. The van der Waals surface area contributed by atoms with E-state index in [1.54, 1.807) is 18.2 Å². The summed E-state index contributed by atoms with van der Waals surface area (Å²) >= 11 is 3.26. The zero-order valence-corrected chi connectivity index (χ0v) is 10.6. The van der Waals surface area contributed by atoms with Gasteiger partial charge < -0.3 is 10.2 Å². The van der Waals surface area contributed by atoms with Crippen LogP contribution in [0.15, 0.2) is 18.2 Å². The van der Waals surface area contributed by atoms with Crippen LogP contribution in [0, 0.1) is 11.3 Å². The molecule has 0 saturated heterocycles. The molecule has 17 heavy (non-hydrogen) atoms. The molecule has 5 heteroatoms. The molecule has 0 saturated carbocycles. The fourth-order valence-electron chi connectivity index (χ4n) is 1.67. The van der Waals surface area contributed by atoms with E-state index in [4.69, 9.17) is 10.4 Å². The molecule has 1 aromatic rings. The largest absolute Gasteiger partial charge is 0.479 e. The van der Waals surface area contributed by atoms with Crippen molar-refractivity contribution in [3.8, 4) is 6.07 Å². The van der Waals surface area contributed by atoms with E-state index in [0.717, 1.165) is 5.56 Å². The highest BCUT2D eigenvalue weighted by molar-refractivity contribution is 9.08. The number of carbonyl (C=O) groups is 1. The predicted octanol–water partition coefficient (Wildman–Crippen LogP) is 2.16. The Morgan fingerprint density at radius 3 is 2.65 bits per heavy atom. The molecular weight excluding hydrogens is 286 g/mol. The topological polar surface area (TPSA) is 81.3 Å². The van der Waals surface area contributed by atoms with E-state index in [1.807, 2.05) is 6.07 Å². The molecule has 0 aliphatic carbocycles. The van der Waals surface area contributed by atoms with Crippen molar-refractivity contribution in [2.24, 2.45) is 0 Å². The van der Waals surface area contributed by atoms with Crippen LogP contribution in [-0.4, -0.2) is 16.2 Å². The van der Waals surface area contributed by atoms with E-state index >= 15 is 0 Å². The van der Waals surface area contributed by atoms with Crippen molar-refractivity contribution in [1.29, 1.82) is 5.26 Å². The molecule has 4 nitrogen and oxygen atoms in total. The normalized spacial score (nSPS) is 11.8. The first-order chi connectivity index (χ1) is 8.11. The summed E-state index contributed by atoms with van der Waals surface area (Å²) in [6.07, 6.45) is -0.806. The Balaban J connectivity index is 3.20. The minimum Gasteiger partial charge on any atom is -0.479 e. The molecule has 0 heterocycles. The van der Waals surface area contributed by atoms with Crippen LogP contribution in [0.2, 0.25) is 0 Å². The maximum Gasteiger partial charge on any atom is 0.337 e. The van der Waals surface area contributed by atoms with Gasteiger partial charge in [-0.2, -0.15) is 5.26 Å². The number of carboxylic acids is 1. The van der Waals surface area contributed by atoms with Gasteiger partial charge in [-0.3, -0.25) is 0 Å². The molecule has 0 aliphatic heterocycles. The Labute approximate surface area is 108 Å². The van der Waals surface area contributed by atoms with Gasteiger partial charge in [-0.1, -0.05) is 34.1 Å². The van der Waals surface area contributed by atoms with Crippen molar-refractivity contribution in [3.05, 3.63) is 34.9 Å². The van der Waals surface area contributed by atoms with Gasteiger partial charge in [0.25, 0.3) is 0 Å². The smallest absolute Gasteiger partial charge is 0.337 e. The molecule has 0 radical (unpaired) electrons. The Morgan fingerprint density at radius 1 is 1.47 bits per heavy atom. The number of carboxylic acid groups (broad SMARTS) is 1. The zero-order valence-electron chi connectivity index (χ0n) is 9.06. The van der Waals surface area contributed by atoms with E-state index in [2.05, 4.69) is 15.9 Å². The predicted molar refractivity (Wildman–Crippen MR) is 65.6 cm³/mol. The monoisotopic (exact) mass is 297 g/mol. The summed E-state index contributed by atoms with van der Waals surface area (Å²) in [5.74, 6) is -1.28. The molecule has 1 unspecified atom stereocenters. The molecule has 90 valence electrons. The van der Waals surface area contributed by atoms with Gasteiger partial charge in [0.2, 0.25) is 0 Å².